The van der Waals surface area contributed by atoms with Crippen molar-refractivity contribution in [3.05, 3.63) is 29.1 Å². The second-order valence-corrected chi connectivity index (χ2v) is 2.86. The number of methoxy groups -OCH3 is 1. The predicted octanol–water partition coefficient (Wildman–Crippen LogP) is 2.35. The zero-order valence-corrected chi connectivity index (χ0v) is 7.85. The average Bonchev–Trinajstić information content (AvgIpc) is 2.01. The van der Waals surface area contributed by atoms with E-state index in [9.17, 15) is 9.18 Å². The Bertz CT molecular complexity index is 345. The zero-order valence-electron chi connectivity index (χ0n) is 7.85. The molecule has 13 heavy (non-hydrogen) atoms. The molecule has 0 N–H and O–H groups in total. The van der Waals surface area contributed by atoms with Crippen molar-refractivity contribution in [2.24, 2.45) is 0 Å². The summed E-state index contributed by atoms with van der Waals surface area (Å²) in [4.78, 5) is 11.2. The van der Waals surface area contributed by atoms with Crippen molar-refractivity contribution >= 4 is 5.78 Å². The molecule has 0 aromatic heterocycles. The first-order valence-corrected chi connectivity index (χ1v) is 3.91. The summed E-state index contributed by atoms with van der Waals surface area (Å²) in [6, 6.07) is 2.53. The lowest BCUT2D eigenvalue weighted by Gasteiger charge is -2.08. The topological polar surface area (TPSA) is 26.3 Å². The van der Waals surface area contributed by atoms with Gasteiger partial charge in [-0.1, -0.05) is 0 Å². The summed E-state index contributed by atoms with van der Waals surface area (Å²) in [5.41, 5.74) is 1.05. The van der Waals surface area contributed by atoms with E-state index in [0.29, 0.717) is 16.9 Å². The molecule has 70 valence electrons. The molecule has 0 atom stereocenters. The fourth-order valence-electron chi connectivity index (χ4n) is 1.32. The van der Waals surface area contributed by atoms with E-state index in [-0.39, 0.29) is 11.6 Å². The summed E-state index contributed by atoms with van der Waals surface area (Å²) in [5, 5.41) is 0. The molecule has 0 amide bonds. The molecule has 1 aromatic carbocycles. The largest absolute Gasteiger partial charge is 0.496 e. The average molecular weight is 182 g/mol. The third-order valence-electron chi connectivity index (χ3n) is 1.84. The van der Waals surface area contributed by atoms with E-state index in [1.807, 2.05) is 0 Å². The smallest absolute Gasteiger partial charge is 0.163 e. The van der Waals surface area contributed by atoms with Gasteiger partial charge in [0.2, 0.25) is 0 Å². The van der Waals surface area contributed by atoms with Gasteiger partial charge in [-0.25, -0.2) is 4.39 Å². The van der Waals surface area contributed by atoms with Gasteiger partial charge in [-0.15, -0.1) is 0 Å². The van der Waals surface area contributed by atoms with Crippen molar-refractivity contribution in [1.82, 2.24) is 0 Å². The third kappa shape index (κ3) is 1.86. The minimum atomic E-state index is -0.389. The summed E-state index contributed by atoms with van der Waals surface area (Å²) >= 11 is 0. The molecular weight excluding hydrogens is 171 g/mol. The Hall–Kier alpha value is -1.38. The molecule has 2 nitrogen and oxygen atoms in total. The molecule has 1 aromatic rings. The number of aryl methyl sites for hydroxylation is 1. The standard InChI is InChI=1S/C10H11FO2/c1-6-4-8(11)5-9(13-3)10(6)7(2)12/h4-5H,1-3H3. The molecule has 0 saturated carbocycles. The Morgan fingerprint density at radius 2 is 2.08 bits per heavy atom. The lowest BCUT2D eigenvalue weighted by molar-refractivity contribution is 0.101. The van der Waals surface area contributed by atoms with Gasteiger partial charge >= 0.3 is 0 Å². The van der Waals surface area contributed by atoms with Crippen molar-refractivity contribution in [3.8, 4) is 5.75 Å². The number of Topliss-reactive ketones (excluding diaryl/α,β-unsaturated/α-hetero) is 1. The van der Waals surface area contributed by atoms with E-state index >= 15 is 0 Å². The van der Waals surface area contributed by atoms with E-state index in [4.69, 9.17) is 4.74 Å². The highest BCUT2D eigenvalue weighted by molar-refractivity contribution is 5.98. The quantitative estimate of drug-likeness (QED) is 0.656. The van der Waals surface area contributed by atoms with E-state index in [1.165, 1.54) is 26.2 Å². The van der Waals surface area contributed by atoms with Gasteiger partial charge < -0.3 is 4.74 Å². The minimum Gasteiger partial charge on any atom is -0.496 e. The summed E-state index contributed by atoms with van der Waals surface area (Å²) in [7, 11) is 1.42. The number of benzene rings is 1. The Kier molecular flexibility index (Phi) is 2.66. The first-order chi connectivity index (χ1) is 6.06. The van der Waals surface area contributed by atoms with Gasteiger partial charge in [0, 0.05) is 6.07 Å². The highest BCUT2D eigenvalue weighted by Gasteiger charge is 2.12. The Morgan fingerprint density at radius 3 is 2.54 bits per heavy atom. The molecule has 0 aliphatic carbocycles. The predicted molar refractivity (Wildman–Crippen MR) is 47.7 cm³/mol. The van der Waals surface area contributed by atoms with Crippen molar-refractivity contribution in [3.63, 3.8) is 0 Å². The van der Waals surface area contributed by atoms with Gasteiger partial charge in [-0.3, -0.25) is 4.79 Å². The number of carbonyl (C=O) groups is 1. The van der Waals surface area contributed by atoms with Crippen LogP contribution in [0.2, 0.25) is 0 Å². The van der Waals surface area contributed by atoms with E-state index in [0.717, 1.165) is 0 Å². The molecule has 0 heterocycles. The molecule has 0 unspecified atom stereocenters. The maximum Gasteiger partial charge on any atom is 0.163 e. The summed E-state index contributed by atoms with van der Waals surface area (Å²) in [5.74, 6) is -0.210. The molecular formula is C10H11FO2. The fraction of sp³-hybridized carbons (Fsp3) is 0.300. The summed E-state index contributed by atoms with van der Waals surface area (Å²) in [6.45, 7) is 3.12. The molecule has 0 radical (unpaired) electrons. The molecule has 0 spiro atoms. The maximum atomic E-state index is 12.9. The highest BCUT2D eigenvalue weighted by Crippen LogP contribution is 2.23. The van der Waals surface area contributed by atoms with Crippen LogP contribution in [-0.2, 0) is 0 Å². The second kappa shape index (κ2) is 3.56. The number of rotatable bonds is 2. The lowest BCUT2D eigenvalue weighted by Crippen LogP contribution is -2.01. The SMILES string of the molecule is COc1cc(F)cc(C)c1C(C)=O. The normalized spacial score (nSPS) is 9.85. The van der Waals surface area contributed by atoms with Crippen LogP contribution in [0.3, 0.4) is 0 Å². The van der Waals surface area contributed by atoms with Crippen LogP contribution >= 0.6 is 0 Å². The Labute approximate surface area is 76.3 Å². The lowest BCUT2D eigenvalue weighted by atomic mass is 10.0. The zero-order chi connectivity index (χ0) is 10.0. The molecule has 0 aliphatic rings. The van der Waals surface area contributed by atoms with Gasteiger partial charge in [0.1, 0.15) is 11.6 Å². The summed E-state index contributed by atoms with van der Waals surface area (Å²) in [6.07, 6.45) is 0. The first kappa shape index (κ1) is 9.71. The molecule has 3 heteroatoms. The number of halogens is 1. The Morgan fingerprint density at radius 1 is 1.46 bits per heavy atom. The van der Waals surface area contributed by atoms with Gasteiger partial charge in [0.05, 0.1) is 12.7 Å². The van der Waals surface area contributed by atoms with Crippen molar-refractivity contribution < 1.29 is 13.9 Å². The third-order valence-corrected chi connectivity index (χ3v) is 1.84. The van der Waals surface area contributed by atoms with Crippen LogP contribution in [0.15, 0.2) is 12.1 Å². The number of ketones is 1. The number of hydrogen-bond acceptors (Lipinski definition) is 2. The number of hydrogen-bond donors (Lipinski definition) is 0. The van der Waals surface area contributed by atoms with Gasteiger partial charge in [-0.2, -0.15) is 0 Å². The monoisotopic (exact) mass is 182 g/mol. The maximum absolute atomic E-state index is 12.9. The molecule has 0 aliphatic heterocycles. The molecule has 1 rings (SSSR count). The number of ether oxygens (including phenoxy) is 1. The van der Waals surface area contributed by atoms with Gasteiger partial charge in [0.25, 0.3) is 0 Å². The van der Waals surface area contributed by atoms with Gasteiger partial charge in [0.15, 0.2) is 5.78 Å². The van der Waals surface area contributed by atoms with Gasteiger partial charge in [-0.05, 0) is 25.5 Å². The van der Waals surface area contributed by atoms with Crippen molar-refractivity contribution in [1.29, 1.82) is 0 Å². The summed E-state index contributed by atoms with van der Waals surface area (Å²) < 4.78 is 17.8. The van der Waals surface area contributed by atoms with Crippen LogP contribution in [-0.4, -0.2) is 12.9 Å². The molecule has 0 bridgehead atoms. The fourth-order valence-corrected chi connectivity index (χ4v) is 1.32. The van der Waals surface area contributed by atoms with Crippen molar-refractivity contribution in [2.45, 2.75) is 13.8 Å². The van der Waals surface area contributed by atoms with E-state index in [2.05, 4.69) is 0 Å². The Balaban J connectivity index is 3.38. The molecule has 0 saturated heterocycles. The number of carbonyl (C=O) groups excluding carboxylic acids is 1. The van der Waals surface area contributed by atoms with Crippen LogP contribution in [0.1, 0.15) is 22.8 Å². The minimum absolute atomic E-state index is 0.116. The van der Waals surface area contributed by atoms with Crippen molar-refractivity contribution in [2.75, 3.05) is 7.11 Å². The second-order valence-electron chi connectivity index (χ2n) is 2.86. The highest BCUT2D eigenvalue weighted by atomic mass is 19.1. The first-order valence-electron chi connectivity index (χ1n) is 3.91. The van der Waals surface area contributed by atoms with E-state index in [1.54, 1.807) is 6.92 Å². The van der Waals surface area contributed by atoms with Crippen LogP contribution in [0.25, 0.3) is 0 Å². The van der Waals surface area contributed by atoms with E-state index < -0.39 is 0 Å². The molecule has 0 fully saturated rings. The van der Waals surface area contributed by atoms with Crippen LogP contribution < -0.4 is 4.74 Å². The van der Waals surface area contributed by atoms with Crippen LogP contribution in [0, 0.1) is 12.7 Å². The van der Waals surface area contributed by atoms with Crippen LogP contribution in [0.5, 0.6) is 5.75 Å². The van der Waals surface area contributed by atoms with Crippen LogP contribution in [0.4, 0.5) is 4.39 Å².